The van der Waals surface area contributed by atoms with Crippen LogP contribution in [-0.4, -0.2) is 104 Å². The Morgan fingerprint density at radius 1 is 0.740 bits per heavy atom. The Bertz CT molecular complexity index is 1420. The van der Waals surface area contributed by atoms with E-state index < -0.39 is 23.4 Å². The standard InChI is InChI=1S/C17H25N3O3.C14H20N2O3.C5H13NO2/c1-12-13(11-18-16(22)23-17(2,3)4)7-8-14(19-12)15(21)9-10-20(5)6;1-9-11(6-7-12(16-9)10(2)17)8-15-13(18)19-14(3,4)5;1-6(2)5(7-3)8-4/h7-10H,11H2,1-6H3,(H,18,22);6-7H,8H2,1-5H3,(H,15,18);5H,1-4H3/b10-9+;;. The molecule has 0 saturated heterocycles. The van der Waals surface area contributed by atoms with Crippen LogP contribution in [0.5, 0.6) is 0 Å². The van der Waals surface area contributed by atoms with Crippen molar-refractivity contribution >= 4 is 23.8 Å². The monoisotopic (exact) mass is 702 g/mol. The van der Waals surface area contributed by atoms with Crippen LogP contribution in [0.15, 0.2) is 36.5 Å². The van der Waals surface area contributed by atoms with Crippen molar-refractivity contribution in [2.45, 2.75) is 93.0 Å². The number of ketones is 2. The predicted molar refractivity (Wildman–Crippen MR) is 193 cm³/mol. The minimum absolute atomic E-state index is 0.0743. The molecule has 2 N–H and O–H groups in total. The number of rotatable bonds is 11. The topological polar surface area (TPSA) is 162 Å². The number of carbonyl (C=O) groups excluding carboxylic acids is 4. The summed E-state index contributed by atoms with van der Waals surface area (Å²) in [6.45, 7) is 16.5. The van der Waals surface area contributed by atoms with Crippen LogP contribution in [0.3, 0.4) is 0 Å². The second-order valence-corrected chi connectivity index (χ2v) is 13.5. The number of hydrogen-bond donors (Lipinski definition) is 2. The molecule has 2 rings (SSSR count). The molecule has 0 saturated carbocycles. The van der Waals surface area contributed by atoms with Gasteiger partial charge in [-0.1, -0.05) is 12.1 Å². The van der Waals surface area contributed by atoms with E-state index in [9.17, 15) is 19.2 Å². The van der Waals surface area contributed by atoms with Gasteiger partial charge in [-0.15, -0.1) is 0 Å². The molecule has 0 aliphatic heterocycles. The van der Waals surface area contributed by atoms with Crippen molar-refractivity contribution in [1.29, 1.82) is 0 Å². The number of nitrogens with zero attached hydrogens (tertiary/aromatic N) is 4. The summed E-state index contributed by atoms with van der Waals surface area (Å²) >= 11 is 0. The van der Waals surface area contributed by atoms with Crippen molar-refractivity contribution in [2.75, 3.05) is 42.4 Å². The van der Waals surface area contributed by atoms with Crippen LogP contribution in [0.25, 0.3) is 0 Å². The summed E-state index contributed by atoms with van der Waals surface area (Å²) in [6.07, 6.45) is 1.99. The third-order valence-corrected chi connectivity index (χ3v) is 6.00. The molecule has 0 spiro atoms. The van der Waals surface area contributed by atoms with Crippen LogP contribution in [0.1, 0.15) is 92.0 Å². The molecule has 0 aliphatic rings. The largest absolute Gasteiger partial charge is 0.444 e. The molecular weight excluding hydrogens is 644 g/mol. The number of amides is 2. The van der Waals surface area contributed by atoms with Gasteiger partial charge in [0.1, 0.15) is 22.6 Å². The van der Waals surface area contributed by atoms with Crippen molar-refractivity contribution in [3.8, 4) is 0 Å². The SMILES string of the molecule is CC(=O)c1ccc(CNC(=O)OC(C)(C)C)c(C)n1.COC(OC)N(C)C.Cc1nc(C(=O)/C=C/N(C)C)ccc1CNC(=O)OC(C)(C)C. The second-order valence-electron chi connectivity index (χ2n) is 13.5. The molecule has 14 nitrogen and oxygen atoms in total. The van der Waals surface area contributed by atoms with Gasteiger partial charge in [-0.25, -0.2) is 19.6 Å². The van der Waals surface area contributed by atoms with Gasteiger partial charge < -0.3 is 34.5 Å². The van der Waals surface area contributed by atoms with E-state index in [0.29, 0.717) is 30.2 Å². The summed E-state index contributed by atoms with van der Waals surface area (Å²) in [5, 5.41) is 5.34. The quantitative estimate of drug-likeness (QED) is 0.174. The summed E-state index contributed by atoms with van der Waals surface area (Å²) in [7, 11) is 10.7. The second kappa shape index (κ2) is 21.6. The molecular formula is C36H58N6O8. The van der Waals surface area contributed by atoms with Crippen molar-refractivity contribution in [3.63, 3.8) is 0 Å². The van der Waals surface area contributed by atoms with Crippen molar-refractivity contribution in [3.05, 3.63) is 70.4 Å². The number of alkyl carbamates (subject to hydrolysis) is 2. The highest BCUT2D eigenvalue weighted by molar-refractivity contribution is 6.03. The minimum Gasteiger partial charge on any atom is -0.444 e. The Morgan fingerprint density at radius 2 is 1.14 bits per heavy atom. The molecule has 14 heteroatoms. The summed E-state index contributed by atoms with van der Waals surface area (Å²) in [6, 6.07) is 6.88. The highest BCUT2D eigenvalue weighted by atomic mass is 16.7. The molecule has 50 heavy (non-hydrogen) atoms. The fourth-order valence-corrected chi connectivity index (χ4v) is 3.67. The number of aromatic nitrogens is 2. The first kappa shape index (κ1) is 45.6. The van der Waals surface area contributed by atoms with Crippen LogP contribution in [0, 0.1) is 13.8 Å². The minimum atomic E-state index is -0.535. The van der Waals surface area contributed by atoms with E-state index >= 15 is 0 Å². The molecule has 0 fully saturated rings. The maximum atomic E-state index is 12.0. The van der Waals surface area contributed by atoms with E-state index in [-0.39, 0.29) is 18.0 Å². The molecule has 0 unspecified atom stereocenters. The fourth-order valence-electron chi connectivity index (χ4n) is 3.67. The van der Waals surface area contributed by atoms with Gasteiger partial charge in [-0.05, 0) is 92.7 Å². The van der Waals surface area contributed by atoms with E-state index in [0.717, 1.165) is 16.8 Å². The molecule has 0 bridgehead atoms. The zero-order chi connectivity index (χ0) is 38.8. The number of hydrogen-bond acceptors (Lipinski definition) is 12. The zero-order valence-corrected chi connectivity index (χ0v) is 32.5. The first-order valence-corrected chi connectivity index (χ1v) is 16.0. The number of ether oxygens (including phenoxy) is 4. The summed E-state index contributed by atoms with van der Waals surface area (Å²) < 4.78 is 20.0. The Hall–Kier alpha value is -4.40. The Balaban J connectivity index is 0.000000799. The first-order chi connectivity index (χ1) is 23.0. The smallest absolute Gasteiger partial charge is 0.407 e. The Kier molecular flexibility index (Phi) is 19.7. The van der Waals surface area contributed by atoms with Crippen LogP contribution >= 0.6 is 0 Å². The molecule has 0 aliphatic carbocycles. The normalized spacial score (nSPS) is 11.2. The lowest BCUT2D eigenvalue weighted by molar-refractivity contribution is -0.179. The van der Waals surface area contributed by atoms with Gasteiger partial charge in [0.2, 0.25) is 12.2 Å². The Morgan fingerprint density at radius 3 is 1.44 bits per heavy atom. The van der Waals surface area contributed by atoms with Crippen LogP contribution < -0.4 is 10.6 Å². The lowest BCUT2D eigenvalue weighted by atomic mass is 10.1. The average Bonchev–Trinajstić information content (AvgIpc) is 2.98. The van der Waals surface area contributed by atoms with E-state index in [2.05, 4.69) is 20.6 Å². The van der Waals surface area contributed by atoms with Gasteiger partial charge in [0.25, 0.3) is 0 Å². The van der Waals surface area contributed by atoms with E-state index in [1.54, 1.807) is 105 Å². The molecule has 280 valence electrons. The number of Topliss-reactive ketones (excluding diaryl/α,β-unsaturated/α-hetero) is 1. The Labute approximate surface area is 297 Å². The van der Waals surface area contributed by atoms with Gasteiger partial charge in [0.15, 0.2) is 5.78 Å². The van der Waals surface area contributed by atoms with Crippen LogP contribution in [0.4, 0.5) is 9.59 Å². The van der Waals surface area contributed by atoms with Gasteiger partial charge in [0.05, 0.1) is 0 Å². The lowest BCUT2D eigenvalue weighted by Gasteiger charge is -2.19. The lowest BCUT2D eigenvalue weighted by Crippen LogP contribution is -2.32. The number of methoxy groups -OCH3 is 2. The van der Waals surface area contributed by atoms with E-state index in [4.69, 9.17) is 18.9 Å². The van der Waals surface area contributed by atoms with Crippen molar-refractivity contribution < 1.29 is 38.1 Å². The molecule has 2 heterocycles. The van der Waals surface area contributed by atoms with Gasteiger partial charge >= 0.3 is 12.2 Å². The number of carbonyl (C=O) groups is 4. The number of allylic oxidation sites excluding steroid dienone is 1. The zero-order valence-electron chi connectivity index (χ0n) is 32.5. The van der Waals surface area contributed by atoms with Crippen molar-refractivity contribution in [2.24, 2.45) is 0 Å². The van der Waals surface area contributed by atoms with E-state index in [1.807, 2.05) is 33.1 Å². The third kappa shape index (κ3) is 20.2. The van der Waals surface area contributed by atoms with Crippen LogP contribution in [-0.2, 0) is 32.0 Å². The van der Waals surface area contributed by atoms with E-state index in [1.165, 1.54) is 13.0 Å². The molecule has 0 radical (unpaired) electrons. The first-order valence-electron chi connectivity index (χ1n) is 16.0. The number of pyridine rings is 2. The number of nitrogens with one attached hydrogen (secondary N) is 2. The molecule has 2 aromatic rings. The third-order valence-electron chi connectivity index (χ3n) is 6.00. The summed E-state index contributed by atoms with van der Waals surface area (Å²) in [5.41, 5.74) is 2.87. The summed E-state index contributed by atoms with van der Waals surface area (Å²) in [5.74, 6) is -0.233. The molecule has 0 atom stereocenters. The molecule has 0 aromatic carbocycles. The molecule has 2 amide bonds. The van der Waals surface area contributed by atoms with Crippen LogP contribution in [0.2, 0.25) is 0 Å². The fraction of sp³-hybridized carbons (Fsp3) is 0.556. The van der Waals surface area contributed by atoms with Crippen molar-refractivity contribution in [1.82, 2.24) is 30.4 Å². The summed E-state index contributed by atoms with van der Waals surface area (Å²) in [4.78, 5) is 58.4. The van der Waals surface area contributed by atoms with Gasteiger partial charge in [0, 0.05) is 72.0 Å². The van der Waals surface area contributed by atoms with Gasteiger partial charge in [-0.2, -0.15) is 0 Å². The maximum absolute atomic E-state index is 12.0. The average molecular weight is 703 g/mol. The molecule has 2 aromatic heterocycles. The highest BCUT2D eigenvalue weighted by Gasteiger charge is 2.17. The number of aryl methyl sites for hydroxylation is 2. The predicted octanol–water partition coefficient (Wildman–Crippen LogP) is 5.41. The highest BCUT2D eigenvalue weighted by Crippen LogP contribution is 2.11. The maximum Gasteiger partial charge on any atom is 0.407 e. The van der Waals surface area contributed by atoms with Gasteiger partial charge in [-0.3, -0.25) is 14.5 Å².